The molecule has 0 aliphatic carbocycles. The molecule has 232 valence electrons. The van der Waals surface area contributed by atoms with Gasteiger partial charge in [0.2, 0.25) is 0 Å². The van der Waals surface area contributed by atoms with E-state index in [0.29, 0.717) is 36.0 Å². The quantitative estimate of drug-likeness (QED) is 0.247. The zero-order valence-electron chi connectivity index (χ0n) is 23.9. The number of aliphatic hydroxyl groups excluding tert-OH is 1. The van der Waals surface area contributed by atoms with Crippen molar-refractivity contribution in [2.24, 2.45) is 0 Å². The number of hydrogen-bond donors (Lipinski definition) is 2. The Hall–Kier alpha value is -4.75. The topological polar surface area (TPSA) is 114 Å². The van der Waals surface area contributed by atoms with Crippen molar-refractivity contribution < 1.29 is 32.0 Å². The molecule has 2 aromatic heterocycles. The highest BCUT2D eigenvalue weighted by Gasteiger charge is 2.42. The highest BCUT2D eigenvalue weighted by atomic mass is 19.4. The maximum absolute atomic E-state index is 15.9. The van der Waals surface area contributed by atoms with Gasteiger partial charge in [-0.1, -0.05) is 35.5 Å². The minimum absolute atomic E-state index is 0.00653. The first-order chi connectivity index (χ1) is 21.6. The lowest BCUT2D eigenvalue weighted by Gasteiger charge is -2.23. The van der Waals surface area contributed by atoms with Gasteiger partial charge in [0.25, 0.3) is 5.91 Å². The molecule has 1 saturated heterocycles. The SMILES string of the molecule is Nc1noc2ccc(-n3nc(C(F)(F)F)c4c3C(=O)N(c3ccc(-c5ccccc5CN5CC[C@@H](O)C5)cc3F)CCC4)cc12. The van der Waals surface area contributed by atoms with Crippen LogP contribution in [0, 0.1) is 5.82 Å². The Morgan fingerprint density at radius 3 is 2.64 bits per heavy atom. The van der Waals surface area contributed by atoms with Crippen LogP contribution < -0.4 is 10.6 Å². The second kappa shape index (κ2) is 11.0. The zero-order chi connectivity index (χ0) is 31.5. The third-order valence-electron chi connectivity index (χ3n) is 8.44. The number of nitrogen functional groups attached to an aromatic ring is 1. The molecular formula is C32H28F4N6O3. The van der Waals surface area contributed by atoms with Gasteiger partial charge in [-0.15, -0.1) is 0 Å². The molecule has 0 spiro atoms. The molecule has 3 N–H and O–H groups in total. The summed E-state index contributed by atoms with van der Waals surface area (Å²) in [4.78, 5) is 17.4. The first-order valence-electron chi connectivity index (χ1n) is 14.5. The summed E-state index contributed by atoms with van der Waals surface area (Å²) in [6.07, 6.45) is -4.41. The van der Waals surface area contributed by atoms with E-state index in [4.69, 9.17) is 10.3 Å². The van der Waals surface area contributed by atoms with Crippen LogP contribution in [-0.2, 0) is 19.1 Å². The van der Waals surface area contributed by atoms with E-state index in [2.05, 4.69) is 15.2 Å². The summed E-state index contributed by atoms with van der Waals surface area (Å²) in [7, 11) is 0. The van der Waals surface area contributed by atoms with Gasteiger partial charge >= 0.3 is 6.18 Å². The predicted molar refractivity (Wildman–Crippen MR) is 158 cm³/mol. The molecule has 2 aliphatic rings. The number of carbonyl (C=O) groups excluding carboxylic acids is 1. The van der Waals surface area contributed by atoms with Gasteiger partial charge in [0.15, 0.2) is 17.1 Å². The Morgan fingerprint density at radius 1 is 1.07 bits per heavy atom. The summed E-state index contributed by atoms with van der Waals surface area (Å²) in [6, 6.07) is 16.5. The maximum Gasteiger partial charge on any atom is 0.435 e. The molecule has 7 rings (SSSR count). The van der Waals surface area contributed by atoms with Gasteiger partial charge in [0.05, 0.1) is 22.9 Å². The first-order valence-corrected chi connectivity index (χ1v) is 14.5. The monoisotopic (exact) mass is 620 g/mol. The fourth-order valence-electron chi connectivity index (χ4n) is 6.30. The summed E-state index contributed by atoms with van der Waals surface area (Å²) in [5, 5.41) is 17.8. The second-order valence-electron chi connectivity index (χ2n) is 11.4. The molecule has 9 nitrogen and oxygen atoms in total. The summed E-state index contributed by atoms with van der Waals surface area (Å²) < 4.78 is 64.5. The highest BCUT2D eigenvalue weighted by Crippen LogP contribution is 2.38. The molecule has 5 aromatic rings. The third kappa shape index (κ3) is 5.21. The molecule has 45 heavy (non-hydrogen) atoms. The normalized spacial score (nSPS) is 17.7. The third-order valence-corrected chi connectivity index (χ3v) is 8.44. The van der Waals surface area contributed by atoms with E-state index >= 15 is 4.39 Å². The second-order valence-corrected chi connectivity index (χ2v) is 11.4. The number of likely N-dealkylation sites (tertiary alicyclic amines) is 1. The average molecular weight is 621 g/mol. The van der Waals surface area contributed by atoms with Crippen molar-refractivity contribution >= 4 is 28.4 Å². The van der Waals surface area contributed by atoms with Crippen molar-refractivity contribution in [1.29, 1.82) is 0 Å². The number of nitrogens with two attached hydrogens (primary N) is 1. The number of amides is 1. The van der Waals surface area contributed by atoms with Crippen LogP contribution in [0.25, 0.3) is 27.8 Å². The number of fused-ring (bicyclic) bond motifs is 2. The average Bonchev–Trinajstić information content (AvgIpc) is 3.69. The Kier molecular flexibility index (Phi) is 7.09. The van der Waals surface area contributed by atoms with Crippen molar-refractivity contribution in [2.75, 3.05) is 30.3 Å². The number of β-amino-alcohol motifs (C(OH)–C–C–N with tert-alkyl or cyclic N) is 1. The summed E-state index contributed by atoms with van der Waals surface area (Å²) in [5.74, 6) is -1.45. The lowest BCUT2D eigenvalue weighted by atomic mass is 9.98. The highest BCUT2D eigenvalue weighted by molar-refractivity contribution is 6.07. The van der Waals surface area contributed by atoms with Crippen LogP contribution in [0.2, 0.25) is 0 Å². The molecule has 0 unspecified atom stereocenters. The zero-order valence-corrected chi connectivity index (χ0v) is 23.9. The maximum atomic E-state index is 15.9. The standard InChI is InChI=1S/C32H28F4N6O3/c33-25-14-18(22-5-2-1-4-19(22)16-40-13-11-21(43)17-40)7-9-26(25)41-12-3-6-23-28(31(41)44)42(38-29(23)32(34,35)36)20-8-10-27-24(15-20)30(37)39-45-27/h1-2,4-5,7-10,14-15,21,43H,3,6,11-13,16-17H2,(H2,37,39)/t21-/m1/s1. The summed E-state index contributed by atoms with van der Waals surface area (Å²) in [6.45, 7) is 1.91. The minimum atomic E-state index is -4.82. The molecule has 2 aliphatic heterocycles. The fourth-order valence-corrected chi connectivity index (χ4v) is 6.30. The van der Waals surface area contributed by atoms with Crippen LogP contribution in [-0.4, -0.2) is 56.6 Å². The summed E-state index contributed by atoms with van der Waals surface area (Å²) in [5.41, 5.74) is 6.96. The number of benzene rings is 3. The number of hydrogen-bond acceptors (Lipinski definition) is 7. The lowest BCUT2D eigenvalue weighted by molar-refractivity contribution is -0.142. The van der Waals surface area contributed by atoms with E-state index in [9.17, 15) is 23.1 Å². The molecule has 0 bridgehead atoms. The van der Waals surface area contributed by atoms with Crippen LogP contribution in [0.3, 0.4) is 0 Å². The predicted octanol–water partition coefficient (Wildman–Crippen LogP) is 5.58. The van der Waals surface area contributed by atoms with Crippen molar-refractivity contribution in [3.8, 4) is 16.8 Å². The number of nitrogens with zero attached hydrogens (tertiary/aromatic N) is 5. The molecule has 4 heterocycles. The number of aromatic nitrogens is 3. The number of aliphatic hydroxyl groups is 1. The van der Waals surface area contributed by atoms with Crippen molar-refractivity contribution in [3.05, 3.63) is 89.0 Å². The molecular weight excluding hydrogens is 592 g/mol. The molecule has 13 heteroatoms. The molecule has 0 saturated carbocycles. The van der Waals surface area contributed by atoms with Crippen molar-refractivity contribution in [3.63, 3.8) is 0 Å². The van der Waals surface area contributed by atoms with Crippen LogP contribution in [0.4, 0.5) is 29.1 Å². The lowest BCUT2D eigenvalue weighted by Crippen LogP contribution is -2.33. The van der Waals surface area contributed by atoms with E-state index in [-0.39, 0.29) is 53.9 Å². The Morgan fingerprint density at radius 2 is 1.89 bits per heavy atom. The van der Waals surface area contributed by atoms with E-state index in [1.54, 1.807) is 6.07 Å². The van der Waals surface area contributed by atoms with Crippen LogP contribution in [0.15, 0.2) is 65.2 Å². The number of anilines is 2. The van der Waals surface area contributed by atoms with Crippen molar-refractivity contribution in [1.82, 2.24) is 19.8 Å². The van der Waals surface area contributed by atoms with E-state index in [1.165, 1.54) is 35.2 Å². The van der Waals surface area contributed by atoms with E-state index in [1.807, 2.05) is 24.3 Å². The Balaban J connectivity index is 1.27. The molecule has 0 radical (unpaired) electrons. The van der Waals surface area contributed by atoms with Crippen LogP contribution in [0.5, 0.6) is 0 Å². The van der Waals surface area contributed by atoms with Gasteiger partial charge in [-0.3, -0.25) is 9.69 Å². The summed E-state index contributed by atoms with van der Waals surface area (Å²) >= 11 is 0. The number of alkyl halides is 3. The molecule has 1 atom stereocenters. The first kappa shape index (κ1) is 29.0. The number of rotatable bonds is 5. The molecule has 3 aromatic carbocycles. The molecule has 1 amide bonds. The van der Waals surface area contributed by atoms with Gasteiger partial charge in [-0.25, -0.2) is 9.07 Å². The Bertz CT molecular complexity index is 1930. The van der Waals surface area contributed by atoms with Gasteiger partial charge in [0.1, 0.15) is 11.5 Å². The van der Waals surface area contributed by atoms with E-state index in [0.717, 1.165) is 22.4 Å². The number of carbonyl (C=O) groups is 1. The van der Waals surface area contributed by atoms with Gasteiger partial charge in [-0.05, 0) is 66.3 Å². The van der Waals surface area contributed by atoms with E-state index < -0.39 is 23.6 Å². The minimum Gasteiger partial charge on any atom is -0.392 e. The van der Waals surface area contributed by atoms with Gasteiger partial charge in [0, 0.05) is 31.7 Å². The van der Waals surface area contributed by atoms with Crippen molar-refractivity contribution in [2.45, 2.75) is 38.1 Å². The van der Waals surface area contributed by atoms with Gasteiger partial charge < -0.3 is 20.3 Å². The fraction of sp³-hybridized carbons (Fsp3) is 0.281. The van der Waals surface area contributed by atoms with Crippen LogP contribution >= 0.6 is 0 Å². The Labute approximate surface area is 254 Å². The van der Waals surface area contributed by atoms with Gasteiger partial charge in [-0.2, -0.15) is 18.3 Å². The number of halogens is 4. The smallest absolute Gasteiger partial charge is 0.392 e. The largest absolute Gasteiger partial charge is 0.435 e. The molecule has 1 fully saturated rings. The van der Waals surface area contributed by atoms with Crippen LogP contribution in [0.1, 0.15) is 40.2 Å².